The Hall–Kier alpha value is -3.80. The monoisotopic (exact) mass is 448 g/mol. The number of amides is 2. The number of carbonyl (C=O) groups is 2. The number of hydroxylamine groups is 1. The highest BCUT2D eigenvalue weighted by Gasteiger charge is 2.15. The van der Waals surface area contributed by atoms with Crippen molar-refractivity contribution >= 4 is 22.8 Å². The Morgan fingerprint density at radius 1 is 1.06 bits per heavy atom. The first-order valence-electron chi connectivity index (χ1n) is 10.7. The third-order valence-electron chi connectivity index (χ3n) is 5.36. The van der Waals surface area contributed by atoms with Crippen molar-refractivity contribution in [2.24, 2.45) is 5.92 Å². The van der Waals surface area contributed by atoms with E-state index >= 15 is 0 Å². The first-order valence-corrected chi connectivity index (χ1v) is 10.7. The summed E-state index contributed by atoms with van der Waals surface area (Å²) in [5.41, 5.74) is 3.17. The van der Waals surface area contributed by atoms with E-state index in [2.05, 4.69) is 17.2 Å². The number of nitrogens with one attached hydrogen (secondary N) is 2. The summed E-state index contributed by atoms with van der Waals surface area (Å²) in [6.07, 6.45) is 2.01. The van der Waals surface area contributed by atoms with Gasteiger partial charge in [-0.15, -0.1) is 0 Å². The van der Waals surface area contributed by atoms with E-state index in [1.54, 1.807) is 41.9 Å². The van der Waals surface area contributed by atoms with Crippen molar-refractivity contribution in [1.82, 2.24) is 10.8 Å². The molecule has 0 unspecified atom stereocenters. The van der Waals surface area contributed by atoms with E-state index in [1.807, 2.05) is 12.1 Å². The van der Waals surface area contributed by atoms with E-state index < -0.39 is 5.91 Å². The van der Waals surface area contributed by atoms with Crippen molar-refractivity contribution in [3.05, 3.63) is 65.4 Å². The van der Waals surface area contributed by atoms with Crippen molar-refractivity contribution < 1.29 is 28.7 Å². The molecule has 1 saturated heterocycles. The van der Waals surface area contributed by atoms with Crippen molar-refractivity contribution in [2.75, 3.05) is 26.4 Å². The quantitative estimate of drug-likeness (QED) is 0.304. The largest absolute Gasteiger partial charge is 0.493 e. The zero-order chi connectivity index (χ0) is 23.0. The van der Waals surface area contributed by atoms with Crippen molar-refractivity contribution in [2.45, 2.75) is 12.8 Å². The average Bonchev–Trinajstić information content (AvgIpc) is 3.29. The van der Waals surface area contributed by atoms with Gasteiger partial charge in [-0.25, -0.2) is 5.48 Å². The summed E-state index contributed by atoms with van der Waals surface area (Å²) in [5, 5.41) is 12.1. The molecule has 1 fully saturated rings. The molecule has 1 aromatic heterocycles. The van der Waals surface area contributed by atoms with E-state index in [-0.39, 0.29) is 18.2 Å². The van der Waals surface area contributed by atoms with Gasteiger partial charge in [-0.05, 0) is 67.3 Å². The molecule has 1 aliphatic rings. The molecule has 1 aliphatic heterocycles. The van der Waals surface area contributed by atoms with Crippen LogP contribution in [0.15, 0.2) is 52.9 Å². The summed E-state index contributed by atoms with van der Waals surface area (Å²) in [5.74, 6) is 6.24. The Morgan fingerprint density at radius 3 is 2.61 bits per heavy atom. The topological polar surface area (TPSA) is 110 Å². The van der Waals surface area contributed by atoms with Crippen LogP contribution in [0, 0.1) is 17.8 Å². The molecule has 0 aliphatic carbocycles. The normalized spacial score (nSPS) is 13.7. The van der Waals surface area contributed by atoms with Crippen LogP contribution in [0.3, 0.4) is 0 Å². The third-order valence-corrected chi connectivity index (χ3v) is 5.36. The number of rotatable bonds is 6. The summed E-state index contributed by atoms with van der Waals surface area (Å²) in [6.45, 7) is 2.35. The number of furan rings is 1. The van der Waals surface area contributed by atoms with Crippen LogP contribution < -0.4 is 15.5 Å². The molecular weight excluding hydrogens is 424 g/mol. The van der Waals surface area contributed by atoms with E-state index in [9.17, 15) is 9.59 Å². The van der Waals surface area contributed by atoms with Gasteiger partial charge in [-0.3, -0.25) is 14.8 Å². The minimum absolute atomic E-state index is 0.133. The highest BCUT2D eigenvalue weighted by atomic mass is 16.5. The fourth-order valence-electron chi connectivity index (χ4n) is 3.48. The SMILES string of the molecule is O=C(NO)c1ccc(C#CCNC(=O)c2cc3cc(OCC4CCOCC4)ccc3o2)cc1. The van der Waals surface area contributed by atoms with Crippen LogP contribution in [-0.4, -0.2) is 43.4 Å². The second-order valence-electron chi connectivity index (χ2n) is 7.68. The van der Waals surface area contributed by atoms with Gasteiger partial charge in [0.05, 0.1) is 13.2 Å². The number of ether oxygens (including phenoxy) is 2. The zero-order valence-corrected chi connectivity index (χ0v) is 17.9. The number of fused-ring (bicyclic) bond motifs is 1. The van der Waals surface area contributed by atoms with Crippen LogP contribution in [0.2, 0.25) is 0 Å². The van der Waals surface area contributed by atoms with Gasteiger partial charge in [0.1, 0.15) is 11.3 Å². The van der Waals surface area contributed by atoms with Gasteiger partial charge in [0.25, 0.3) is 11.8 Å². The molecular formula is C25H24N2O6. The number of carbonyl (C=O) groups excluding carboxylic acids is 2. The van der Waals surface area contributed by atoms with Crippen molar-refractivity contribution in [3.63, 3.8) is 0 Å². The maximum absolute atomic E-state index is 12.4. The number of hydrogen-bond acceptors (Lipinski definition) is 6. The van der Waals surface area contributed by atoms with Crippen molar-refractivity contribution in [1.29, 1.82) is 0 Å². The summed E-state index contributed by atoms with van der Waals surface area (Å²) < 4.78 is 16.9. The lowest BCUT2D eigenvalue weighted by Crippen LogP contribution is -2.22. The molecule has 8 heteroatoms. The molecule has 2 aromatic carbocycles. The molecule has 4 rings (SSSR count). The van der Waals surface area contributed by atoms with Crippen LogP contribution in [-0.2, 0) is 4.74 Å². The number of benzene rings is 2. The van der Waals surface area contributed by atoms with E-state index in [1.165, 1.54) is 0 Å². The minimum atomic E-state index is -0.592. The lowest BCUT2D eigenvalue weighted by Gasteiger charge is -2.22. The van der Waals surface area contributed by atoms with Gasteiger partial charge in [0.15, 0.2) is 5.76 Å². The van der Waals surface area contributed by atoms with Gasteiger partial charge >= 0.3 is 0 Å². The fourth-order valence-corrected chi connectivity index (χ4v) is 3.48. The highest BCUT2D eigenvalue weighted by Crippen LogP contribution is 2.25. The van der Waals surface area contributed by atoms with Gasteiger partial charge in [0.2, 0.25) is 0 Å². The second kappa shape index (κ2) is 10.7. The molecule has 170 valence electrons. The number of hydrogen-bond donors (Lipinski definition) is 3. The molecule has 0 radical (unpaired) electrons. The fraction of sp³-hybridized carbons (Fsp3) is 0.280. The van der Waals surface area contributed by atoms with Crippen LogP contribution in [0.1, 0.15) is 39.3 Å². The van der Waals surface area contributed by atoms with Crippen molar-refractivity contribution in [3.8, 4) is 17.6 Å². The Bertz CT molecular complexity index is 1180. The van der Waals surface area contributed by atoms with Gasteiger partial charge < -0.3 is 19.2 Å². The zero-order valence-electron chi connectivity index (χ0n) is 17.9. The van der Waals surface area contributed by atoms with Gasteiger partial charge in [-0.2, -0.15) is 0 Å². The van der Waals surface area contributed by atoms with E-state index in [0.717, 1.165) is 37.2 Å². The molecule has 33 heavy (non-hydrogen) atoms. The lowest BCUT2D eigenvalue weighted by molar-refractivity contribution is 0.0498. The first kappa shape index (κ1) is 22.4. The smallest absolute Gasteiger partial charge is 0.287 e. The summed E-state index contributed by atoms with van der Waals surface area (Å²) >= 11 is 0. The van der Waals surface area contributed by atoms with E-state index in [0.29, 0.717) is 29.2 Å². The third kappa shape index (κ3) is 5.92. The first-order chi connectivity index (χ1) is 16.1. The van der Waals surface area contributed by atoms with Crippen LogP contribution in [0.5, 0.6) is 5.75 Å². The molecule has 3 N–H and O–H groups in total. The van der Waals surface area contributed by atoms with Gasteiger partial charge in [0, 0.05) is 29.7 Å². The second-order valence-corrected chi connectivity index (χ2v) is 7.68. The molecule has 0 spiro atoms. The summed E-state index contributed by atoms with van der Waals surface area (Å²) in [7, 11) is 0. The molecule has 0 saturated carbocycles. The molecule has 2 heterocycles. The molecule has 3 aromatic rings. The maximum atomic E-state index is 12.4. The Morgan fingerprint density at radius 2 is 1.85 bits per heavy atom. The molecule has 2 amide bonds. The highest BCUT2D eigenvalue weighted by molar-refractivity contribution is 5.96. The Labute approximate surface area is 190 Å². The van der Waals surface area contributed by atoms with Gasteiger partial charge in [-0.1, -0.05) is 11.8 Å². The predicted molar refractivity (Wildman–Crippen MR) is 120 cm³/mol. The minimum Gasteiger partial charge on any atom is -0.493 e. The molecule has 0 bridgehead atoms. The van der Waals surface area contributed by atoms with Crippen LogP contribution >= 0.6 is 0 Å². The van der Waals surface area contributed by atoms with Crippen LogP contribution in [0.25, 0.3) is 11.0 Å². The Kier molecular flexibility index (Phi) is 7.25. The predicted octanol–water partition coefficient (Wildman–Crippen LogP) is 3.14. The van der Waals surface area contributed by atoms with Crippen LogP contribution in [0.4, 0.5) is 0 Å². The Balaban J connectivity index is 1.31. The van der Waals surface area contributed by atoms with E-state index in [4.69, 9.17) is 19.1 Å². The lowest BCUT2D eigenvalue weighted by atomic mass is 10.0. The molecule has 0 atom stereocenters. The average molecular weight is 448 g/mol. The summed E-state index contributed by atoms with van der Waals surface area (Å²) in [6, 6.07) is 13.6. The standard InChI is InChI=1S/C25H24N2O6/c28-24(27-30)19-5-3-17(4-6-19)2-1-11-26-25(29)23-15-20-14-21(7-8-22(20)33-23)32-16-18-9-12-31-13-10-18/h3-8,14-15,18,30H,9-13,16H2,(H,26,29)(H,27,28). The summed E-state index contributed by atoms with van der Waals surface area (Å²) in [4.78, 5) is 23.7. The molecule has 8 nitrogen and oxygen atoms in total. The maximum Gasteiger partial charge on any atom is 0.287 e.